The maximum Gasteiger partial charge on any atom is 0.311 e. The van der Waals surface area contributed by atoms with Crippen LogP contribution in [0.2, 0.25) is 0 Å². The molecule has 2 rings (SSSR count). The average molecular weight is 339 g/mol. The molecule has 1 heterocycles. The highest BCUT2D eigenvalue weighted by Gasteiger charge is 2.18. The summed E-state index contributed by atoms with van der Waals surface area (Å²) in [7, 11) is 0. The van der Waals surface area contributed by atoms with Gasteiger partial charge in [-0.1, -0.05) is 13.0 Å². The molecular weight excluding hydrogens is 328 g/mol. The van der Waals surface area contributed by atoms with Crippen LogP contribution in [0.4, 0.5) is 11.5 Å². The molecule has 2 N–H and O–H groups in total. The Balaban J connectivity index is 2.43. The second kappa shape index (κ2) is 5.83. The second-order valence-electron chi connectivity index (χ2n) is 3.89. The zero-order valence-corrected chi connectivity index (χ0v) is 12.1. The number of anilines is 1. The molecule has 0 atom stereocenters. The van der Waals surface area contributed by atoms with Gasteiger partial charge in [0.25, 0.3) is 0 Å². The van der Waals surface area contributed by atoms with Crippen molar-refractivity contribution < 1.29 is 9.66 Å². The third-order valence-electron chi connectivity index (χ3n) is 2.62. The summed E-state index contributed by atoms with van der Waals surface area (Å²) in [5.74, 6) is 0.429. The third-order valence-corrected chi connectivity index (χ3v) is 3.36. The molecule has 1 aromatic heterocycles. The number of rotatable bonds is 4. The van der Waals surface area contributed by atoms with Crippen LogP contribution in [0.1, 0.15) is 12.5 Å². The fourth-order valence-electron chi connectivity index (χ4n) is 1.55. The van der Waals surface area contributed by atoms with E-state index in [9.17, 15) is 10.1 Å². The van der Waals surface area contributed by atoms with Crippen LogP contribution in [0, 0.1) is 10.1 Å². The molecular formula is C12H11BrN4O3. The van der Waals surface area contributed by atoms with Gasteiger partial charge in [-0.05, 0) is 34.0 Å². The molecule has 7 nitrogen and oxygen atoms in total. The molecule has 8 heteroatoms. The lowest BCUT2D eigenvalue weighted by Crippen LogP contribution is -1.99. The first-order valence-corrected chi connectivity index (χ1v) is 6.53. The number of hydrogen-bond acceptors (Lipinski definition) is 6. The third kappa shape index (κ3) is 2.85. The first kappa shape index (κ1) is 14.2. The van der Waals surface area contributed by atoms with E-state index in [1.54, 1.807) is 12.1 Å². The monoisotopic (exact) mass is 338 g/mol. The molecule has 0 spiro atoms. The number of halogens is 1. The van der Waals surface area contributed by atoms with E-state index in [0.717, 1.165) is 5.56 Å². The number of nitro groups is 1. The SMILES string of the molecule is CCc1ccc(Oc2ncnc(N)c2Br)c([N+](=O)[O-])c1. The van der Waals surface area contributed by atoms with E-state index in [2.05, 4.69) is 25.9 Å². The van der Waals surface area contributed by atoms with E-state index in [4.69, 9.17) is 10.5 Å². The van der Waals surface area contributed by atoms with Crippen molar-refractivity contribution in [1.29, 1.82) is 0 Å². The van der Waals surface area contributed by atoms with Crippen molar-refractivity contribution in [1.82, 2.24) is 9.97 Å². The van der Waals surface area contributed by atoms with E-state index in [1.807, 2.05) is 6.92 Å². The summed E-state index contributed by atoms with van der Waals surface area (Å²) in [5, 5.41) is 11.1. The molecule has 0 radical (unpaired) electrons. The lowest BCUT2D eigenvalue weighted by atomic mass is 10.1. The average Bonchev–Trinajstić information content (AvgIpc) is 2.44. The summed E-state index contributed by atoms with van der Waals surface area (Å²) in [6.07, 6.45) is 1.92. The highest BCUT2D eigenvalue weighted by Crippen LogP contribution is 2.35. The molecule has 0 aliphatic heterocycles. The van der Waals surface area contributed by atoms with E-state index < -0.39 is 4.92 Å². The van der Waals surface area contributed by atoms with Crippen molar-refractivity contribution in [3.8, 4) is 11.6 Å². The van der Waals surface area contributed by atoms with Crippen molar-refractivity contribution in [2.45, 2.75) is 13.3 Å². The molecule has 104 valence electrons. The number of nitrogen functional groups attached to an aromatic ring is 1. The summed E-state index contributed by atoms with van der Waals surface area (Å²) in [6.45, 7) is 1.92. The van der Waals surface area contributed by atoms with Crippen molar-refractivity contribution >= 4 is 27.4 Å². The van der Waals surface area contributed by atoms with Gasteiger partial charge in [0.2, 0.25) is 11.6 Å². The molecule has 0 unspecified atom stereocenters. The van der Waals surface area contributed by atoms with Crippen molar-refractivity contribution in [2.75, 3.05) is 5.73 Å². The Bertz CT molecular complexity index is 663. The van der Waals surface area contributed by atoms with Gasteiger partial charge < -0.3 is 10.5 Å². The molecule has 2 aromatic rings. The number of nitrogens with zero attached hydrogens (tertiary/aromatic N) is 3. The molecule has 0 fully saturated rings. The number of hydrogen-bond donors (Lipinski definition) is 1. The molecule has 0 saturated heterocycles. The maximum atomic E-state index is 11.1. The summed E-state index contributed by atoms with van der Waals surface area (Å²) < 4.78 is 5.82. The minimum Gasteiger partial charge on any atom is -0.430 e. The topological polar surface area (TPSA) is 104 Å². The van der Waals surface area contributed by atoms with Crippen LogP contribution >= 0.6 is 15.9 Å². The van der Waals surface area contributed by atoms with E-state index in [1.165, 1.54) is 12.4 Å². The first-order chi connectivity index (χ1) is 9.52. The van der Waals surface area contributed by atoms with Gasteiger partial charge in [-0.3, -0.25) is 10.1 Å². The van der Waals surface area contributed by atoms with Crippen LogP contribution in [0.5, 0.6) is 11.6 Å². The first-order valence-electron chi connectivity index (χ1n) is 5.74. The number of nitrogens with two attached hydrogens (primary N) is 1. The zero-order valence-electron chi connectivity index (χ0n) is 10.5. The van der Waals surface area contributed by atoms with Gasteiger partial charge in [0.15, 0.2) is 0 Å². The molecule has 20 heavy (non-hydrogen) atoms. The van der Waals surface area contributed by atoms with Crippen molar-refractivity contribution in [3.05, 3.63) is 44.7 Å². The quantitative estimate of drug-likeness (QED) is 0.678. The Morgan fingerprint density at radius 1 is 1.45 bits per heavy atom. The fraction of sp³-hybridized carbons (Fsp3) is 0.167. The summed E-state index contributed by atoms with van der Waals surface area (Å²) in [6, 6.07) is 4.79. The summed E-state index contributed by atoms with van der Waals surface area (Å²) in [5.41, 5.74) is 6.34. The summed E-state index contributed by atoms with van der Waals surface area (Å²) in [4.78, 5) is 18.3. The Kier molecular flexibility index (Phi) is 4.14. The molecule has 0 aliphatic rings. The second-order valence-corrected chi connectivity index (χ2v) is 4.69. The van der Waals surface area contributed by atoms with E-state index in [-0.39, 0.29) is 23.1 Å². The molecule has 0 saturated carbocycles. The predicted molar refractivity (Wildman–Crippen MR) is 76.7 cm³/mol. The van der Waals surface area contributed by atoms with Crippen LogP contribution in [0.3, 0.4) is 0 Å². The predicted octanol–water partition coefficient (Wildman–Crippen LogP) is 3.08. The maximum absolute atomic E-state index is 11.1. The van der Waals surface area contributed by atoms with E-state index >= 15 is 0 Å². The number of benzene rings is 1. The highest BCUT2D eigenvalue weighted by molar-refractivity contribution is 9.10. The largest absolute Gasteiger partial charge is 0.430 e. The van der Waals surface area contributed by atoms with E-state index in [0.29, 0.717) is 10.9 Å². The van der Waals surface area contributed by atoms with Gasteiger partial charge in [-0.25, -0.2) is 9.97 Å². The van der Waals surface area contributed by atoms with Crippen LogP contribution in [-0.2, 0) is 6.42 Å². The number of nitro benzene ring substituents is 1. The van der Waals surface area contributed by atoms with Crippen molar-refractivity contribution in [2.24, 2.45) is 0 Å². The van der Waals surface area contributed by atoms with Gasteiger partial charge in [0.05, 0.1) is 4.92 Å². The zero-order chi connectivity index (χ0) is 14.7. The summed E-state index contributed by atoms with van der Waals surface area (Å²) >= 11 is 3.18. The van der Waals surface area contributed by atoms with Crippen molar-refractivity contribution in [3.63, 3.8) is 0 Å². The standard InChI is InChI=1S/C12H11BrN4O3/c1-2-7-3-4-9(8(5-7)17(18)19)20-12-10(13)11(14)15-6-16-12/h3-6H,2H2,1H3,(H2,14,15,16). The van der Waals surface area contributed by atoms with Gasteiger partial charge in [0.1, 0.15) is 16.6 Å². The fourth-order valence-corrected chi connectivity index (χ4v) is 1.84. The molecule has 1 aromatic carbocycles. The normalized spacial score (nSPS) is 10.3. The number of aromatic nitrogens is 2. The van der Waals surface area contributed by atoms with Crippen LogP contribution in [-0.4, -0.2) is 14.9 Å². The van der Waals surface area contributed by atoms with Gasteiger partial charge in [-0.2, -0.15) is 0 Å². The van der Waals surface area contributed by atoms with Crippen LogP contribution < -0.4 is 10.5 Å². The van der Waals surface area contributed by atoms with Gasteiger partial charge >= 0.3 is 5.69 Å². The Morgan fingerprint density at radius 3 is 2.85 bits per heavy atom. The Morgan fingerprint density at radius 2 is 2.20 bits per heavy atom. The van der Waals surface area contributed by atoms with Gasteiger partial charge in [-0.15, -0.1) is 0 Å². The van der Waals surface area contributed by atoms with Crippen LogP contribution in [0.25, 0.3) is 0 Å². The lowest BCUT2D eigenvalue weighted by molar-refractivity contribution is -0.385. The van der Waals surface area contributed by atoms with Gasteiger partial charge in [0, 0.05) is 6.07 Å². The molecule has 0 bridgehead atoms. The number of ether oxygens (including phenoxy) is 1. The minimum absolute atomic E-state index is 0.103. The molecule has 0 amide bonds. The smallest absolute Gasteiger partial charge is 0.311 e. The molecule has 0 aliphatic carbocycles. The van der Waals surface area contributed by atoms with Crippen LogP contribution in [0.15, 0.2) is 29.0 Å². The number of aryl methyl sites for hydroxylation is 1. The minimum atomic E-state index is -0.493. The lowest BCUT2D eigenvalue weighted by Gasteiger charge is -2.08. The highest BCUT2D eigenvalue weighted by atomic mass is 79.9. The Labute approximate surface area is 123 Å². The Hall–Kier alpha value is -2.22.